The minimum Gasteiger partial charge on any atom is -0.307 e. The van der Waals surface area contributed by atoms with Crippen molar-refractivity contribution in [2.45, 2.75) is 0 Å². The fraction of sp³-hybridized carbons (Fsp3) is 0. The van der Waals surface area contributed by atoms with Crippen molar-refractivity contribution in [2.24, 2.45) is 0 Å². The molecule has 0 N–H and O–H groups in total. The Morgan fingerprint density at radius 2 is 1.07 bits per heavy atom. The van der Waals surface area contributed by atoms with E-state index in [2.05, 4.69) is 24.3 Å². The molecule has 0 aliphatic carbocycles. The Kier molecular flexibility index (Phi) is 4.07. The van der Waals surface area contributed by atoms with E-state index in [0.717, 1.165) is 32.3 Å². The monoisotopic (exact) mass is 379 g/mol. The van der Waals surface area contributed by atoms with E-state index < -0.39 is 7.14 Å². The van der Waals surface area contributed by atoms with Gasteiger partial charge in [-0.3, -0.25) is 0 Å². The zero-order valence-electron chi connectivity index (χ0n) is 15.2. The maximum absolute atomic E-state index is 14.5. The van der Waals surface area contributed by atoms with Crippen LogP contribution in [-0.2, 0) is 4.57 Å². The lowest BCUT2D eigenvalue weighted by atomic mass is 10.1. The molecule has 0 spiro atoms. The maximum atomic E-state index is 14.5. The molecule has 0 aliphatic rings. The fourth-order valence-corrected chi connectivity index (χ4v) is 6.25. The zero-order valence-corrected chi connectivity index (χ0v) is 16.1. The van der Waals surface area contributed by atoms with Crippen LogP contribution in [0.15, 0.2) is 109 Å². The minimum absolute atomic E-state index is 0.619. The molecule has 5 aromatic rings. The van der Waals surface area contributed by atoms with Gasteiger partial charge >= 0.3 is 0 Å². The molecule has 0 radical (unpaired) electrons. The first kappa shape index (κ1) is 16.9. The van der Waals surface area contributed by atoms with Gasteiger partial charge in [-0.15, -0.1) is 0 Å². The van der Waals surface area contributed by atoms with Gasteiger partial charge in [-0.2, -0.15) is 0 Å². The molecule has 0 aliphatic heterocycles. The normalized spacial score (nSPS) is 11.7. The van der Waals surface area contributed by atoms with Crippen molar-refractivity contribution in [3.05, 3.63) is 109 Å². The Labute approximate surface area is 163 Å². The molecule has 0 atom stereocenters. The molecule has 0 bridgehead atoms. The molecule has 1 aromatic heterocycles. The molecule has 0 saturated carbocycles. The van der Waals surface area contributed by atoms with Crippen molar-refractivity contribution < 1.29 is 4.57 Å². The quantitative estimate of drug-likeness (QED) is 0.325. The van der Waals surface area contributed by atoms with Crippen LogP contribution in [0.2, 0.25) is 0 Å². The van der Waals surface area contributed by atoms with Crippen LogP contribution in [0.3, 0.4) is 0 Å². The largest absolute Gasteiger partial charge is 0.307 e. The molecule has 0 unspecified atom stereocenters. The summed E-state index contributed by atoms with van der Waals surface area (Å²) in [4.78, 5) is 4.97. The number of hydrogen-bond acceptors (Lipinski definition) is 2. The smallest absolute Gasteiger partial charge is 0.188 e. The third-order valence-electron chi connectivity index (χ3n) is 5.13. The fourth-order valence-electron chi connectivity index (χ4n) is 3.71. The number of rotatable bonds is 3. The Bertz CT molecular complexity index is 1290. The lowest BCUT2D eigenvalue weighted by Crippen LogP contribution is -2.26. The summed E-state index contributed by atoms with van der Waals surface area (Å²) < 4.78 is 14.5. The molecule has 28 heavy (non-hydrogen) atoms. The van der Waals surface area contributed by atoms with E-state index in [0.29, 0.717) is 5.44 Å². The van der Waals surface area contributed by atoms with Crippen molar-refractivity contribution >= 4 is 44.9 Å². The van der Waals surface area contributed by atoms with Gasteiger partial charge < -0.3 is 4.57 Å². The number of pyridine rings is 1. The first-order valence-corrected chi connectivity index (χ1v) is 11.0. The van der Waals surface area contributed by atoms with Crippen LogP contribution >= 0.6 is 7.14 Å². The van der Waals surface area contributed by atoms with Crippen molar-refractivity contribution in [2.75, 3.05) is 0 Å². The second-order valence-electron chi connectivity index (χ2n) is 6.81. The van der Waals surface area contributed by atoms with Crippen molar-refractivity contribution in [3.63, 3.8) is 0 Å². The van der Waals surface area contributed by atoms with E-state index in [9.17, 15) is 4.57 Å². The van der Waals surface area contributed by atoms with Crippen LogP contribution in [0.4, 0.5) is 0 Å². The number of nitrogens with zero attached hydrogens (tertiary/aromatic N) is 1. The Morgan fingerprint density at radius 1 is 0.536 bits per heavy atom. The van der Waals surface area contributed by atoms with E-state index >= 15 is 0 Å². The van der Waals surface area contributed by atoms with Crippen LogP contribution in [0, 0.1) is 0 Å². The summed E-state index contributed by atoms with van der Waals surface area (Å²) in [6.45, 7) is 0. The summed E-state index contributed by atoms with van der Waals surface area (Å²) in [6, 6.07) is 35.7. The predicted molar refractivity (Wildman–Crippen MR) is 119 cm³/mol. The zero-order chi connectivity index (χ0) is 19.0. The van der Waals surface area contributed by atoms with Gasteiger partial charge in [0.2, 0.25) is 0 Å². The van der Waals surface area contributed by atoms with Gasteiger partial charge in [0, 0.05) is 21.4 Å². The molecule has 2 nitrogen and oxygen atoms in total. The average molecular weight is 379 g/mol. The highest BCUT2D eigenvalue weighted by Crippen LogP contribution is 2.42. The minimum atomic E-state index is -3.07. The predicted octanol–water partition coefficient (Wildman–Crippen LogP) is 5.03. The SMILES string of the molecule is O=P(c1ccccc1)(c1ccccc1)c1ccc2ccc3ccccc3c2n1. The van der Waals surface area contributed by atoms with E-state index in [4.69, 9.17) is 4.98 Å². The summed E-state index contributed by atoms with van der Waals surface area (Å²) >= 11 is 0. The highest BCUT2D eigenvalue weighted by atomic mass is 31.2. The summed E-state index contributed by atoms with van der Waals surface area (Å²) in [5.74, 6) is 0. The average Bonchev–Trinajstić information content (AvgIpc) is 2.79. The molecular weight excluding hydrogens is 361 g/mol. The van der Waals surface area contributed by atoms with E-state index in [1.165, 1.54) is 0 Å². The Balaban J connectivity index is 1.84. The van der Waals surface area contributed by atoms with Crippen LogP contribution in [0.5, 0.6) is 0 Å². The molecule has 0 fully saturated rings. The summed E-state index contributed by atoms with van der Waals surface area (Å²) in [5, 5.41) is 4.86. The van der Waals surface area contributed by atoms with Crippen molar-refractivity contribution in [3.8, 4) is 0 Å². The van der Waals surface area contributed by atoms with Gasteiger partial charge in [-0.05, 0) is 11.5 Å². The van der Waals surface area contributed by atoms with Crippen molar-refractivity contribution in [1.29, 1.82) is 0 Å². The molecular formula is C25H18NOP. The van der Waals surface area contributed by atoms with Crippen LogP contribution in [0.25, 0.3) is 21.7 Å². The number of hydrogen-bond donors (Lipinski definition) is 0. The van der Waals surface area contributed by atoms with E-state index in [-0.39, 0.29) is 0 Å². The second-order valence-corrected chi connectivity index (χ2v) is 9.52. The molecule has 1 heterocycles. The van der Waals surface area contributed by atoms with Crippen LogP contribution in [0.1, 0.15) is 0 Å². The van der Waals surface area contributed by atoms with Gasteiger partial charge in [0.1, 0.15) is 5.44 Å². The highest BCUT2D eigenvalue weighted by Gasteiger charge is 2.31. The molecule has 5 rings (SSSR count). The molecule has 0 saturated heterocycles. The van der Waals surface area contributed by atoms with Crippen LogP contribution < -0.4 is 16.0 Å². The highest BCUT2D eigenvalue weighted by molar-refractivity contribution is 7.85. The summed E-state index contributed by atoms with van der Waals surface area (Å²) in [5.41, 5.74) is 1.51. The number of fused-ring (bicyclic) bond motifs is 3. The summed E-state index contributed by atoms with van der Waals surface area (Å²) in [7, 11) is -3.07. The molecule has 0 amide bonds. The second kappa shape index (κ2) is 6.74. The first-order chi connectivity index (χ1) is 13.8. The Hall–Kier alpha value is -3.22. The molecule has 3 heteroatoms. The molecule has 134 valence electrons. The van der Waals surface area contributed by atoms with Gasteiger partial charge in [-0.1, -0.05) is 103 Å². The third-order valence-corrected chi connectivity index (χ3v) is 8.08. The first-order valence-electron chi connectivity index (χ1n) is 9.27. The lowest BCUT2D eigenvalue weighted by molar-refractivity contribution is 0.592. The Morgan fingerprint density at radius 3 is 1.75 bits per heavy atom. The third kappa shape index (κ3) is 2.66. The van der Waals surface area contributed by atoms with Gasteiger partial charge in [-0.25, -0.2) is 4.98 Å². The topological polar surface area (TPSA) is 30.0 Å². The van der Waals surface area contributed by atoms with Gasteiger partial charge in [0.15, 0.2) is 7.14 Å². The number of aromatic nitrogens is 1. The van der Waals surface area contributed by atoms with E-state index in [1.807, 2.05) is 84.9 Å². The number of benzene rings is 4. The maximum Gasteiger partial charge on any atom is 0.188 e. The van der Waals surface area contributed by atoms with Gasteiger partial charge in [0.25, 0.3) is 0 Å². The standard InChI is InChI=1S/C25H18NOP/c27-28(21-10-3-1-4-11-21,22-12-5-2-6-13-22)24-18-17-20-16-15-19-9-7-8-14-23(19)25(20)26-24/h1-18H. The molecule has 4 aromatic carbocycles. The van der Waals surface area contributed by atoms with Crippen LogP contribution in [-0.4, -0.2) is 4.98 Å². The van der Waals surface area contributed by atoms with Crippen molar-refractivity contribution in [1.82, 2.24) is 4.98 Å². The van der Waals surface area contributed by atoms with E-state index in [1.54, 1.807) is 0 Å². The lowest BCUT2D eigenvalue weighted by Gasteiger charge is -2.19. The summed E-state index contributed by atoms with van der Waals surface area (Å²) in [6.07, 6.45) is 0. The van der Waals surface area contributed by atoms with Gasteiger partial charge in [0.05, 0.1) is 5.52 Å².